The predicted molar refractivity (Wildman–Crippen MR) is 145 cm³/mol. The van der Waals surface area contributed by atoms with Crippen LogP contribution in [0.3, 0.4) is 0 Å². The molecule has 1 fully saturated rings. The number of anilines is 4. The number of hydrogen-bond donors (Lipinski definition) is 4. The fraction of sp³-hybridized carbons (Fsp3) is 0.167. The molecule has 0 saturated carbocycles. The molecule has 3 heterocycles. The van der Waals surface area contributed by atoms with Gasteiger partial charge in [0.25, 0.3) is 0 Å². The lowest BCUT2D eigenvalue weighted by Gasteiger charge is -2.33. The van der Waals surface area contributed by atoms with E-state index in [-0.39, 0.29) is 11.7 Å². The molecule has 0 bridgehead atoms. The number of H-pyrrole nitrogens is 1. The summed E-state index contributed by atoms with van der Waals surface area (Å²) in [6.45, 7) is 7.01. The zero-order chi connectivity index (χ0) is 24.4. The molecule has 0 atom stereocenters. The number of aromatic hydroxyl groups is 1. The molecule has 2 aromatic carbocycles. The molecule has 1 saturated heterocycles. The fourth-order valence-electron chi connectivity index (χ4n) is 3.95. The van der Waals surface area contributed by atoms with Crippen molar-refractivity contribution in [2.45, 2.75) is 0 Å². The van der Waals surface area contributed by atoms with E-state index in [0.717, 1.165) is 48.5 Å². The summed E-state index contributed by atoms with van der Waals surface area (Å²) in [5, 5.41) is 24.3. The summed E-state index contributed by atoms with van der Waals surface area (Å²) in [6, 6.07) is 12.8. The Morgan fingerprint density at radius 2 is 1.94 bits per heavy atom. The second-order valence-corrected chi connectivity index (χ2v) is 9.39. The Bertz CT molecular complexity index is 1400. The first-order valence-corrected chi connectivity index (χ1v) is 12.0. The Hall–Kier alpha value is -3.71. The Labute approximate surface area is 215 Å². The maximum Gasteiger partial charge on any atom is 0.247 e. The van der Waals surface area contributed by atoms with Crippen molar-refractivity contribution in [1.82, 2.24) is 23.3 Å². The van der Waals surface area contributed by atoms with E-state index >= 15 is 0 Å². The fourth-order valence-corrected chi connectivity index (χ4v) is 4.39. The summed E-state index contributed by atoms with van der Waals surface area (Å²) in [6.07, 6.45) is 2.90. The minimum absolute atomic E-state index is 0.237. The zero-order valence-electron chi connectivity index (χ0n) is 18.7. The number of aromatic amines is 1. The molecule has 0 radical (unpaired) electrons. The van der Waals surface area contributed by atoms with Crippen LogP contribution < -0.4 is 15.5 Å². The van der Waals surface area contributed by atoms with Crippen LogP contribution in [0.4, 0.5) is 23.0 Å². The number of piperazine rings is 1. The number of halogens is 1. The van der Waals surface area contributed by atoms with Crippen molar-refractivity contribution in [3.8, 4) is 17.0 Å². The van der Waals surface area contributed by atoms with Crippen LogP contribution in [-0.2, 0) is 4.79 Å². The van der Waals surface area contributed by atoms with E-state index in [1.54, 1.807) is 24.4 Å². The number of carbonyl (C=O) groups excluding carboxylic acids is 1. The molecule has 1 aliphatic heterocycles. The molecule has 11 heteroatoms. The first-order valence-electron chi connectivity index (χ1n) is 11.0. The lowest BCUT2D eigenvalue weighted by atomic mass is 10.1. The van der Waals surface area contributed by atoms with Crippen LogP contribution in [0, 0.1) is 0 Å². The maximum absolute atomic E-state index is 11.7. The third-order valence-electron chi connectivity index (χ3n) is 5.70. The number of carbonyl (C=O) groups is 1. The van der Waals surface area contributed by atoms with Gasteiger partial charge in [-0.3, -0.25) is 9.89 Å². The van der Waals surface area contributed by atoms with Crippen molar-refractivity contribution in [1.29, 1.82) is 0 Å². The van der Waals surface area contributed by atoms with Crippen LogP contribution in [0.15, 0.2) is 61.3 Å². The lowest BCUT2D eigenvalue weighted by Crippen LogP contribution is -2.42. The van der Waals surface area contributed by atoms with Crippen molar-refractivity contribution in [2.24, 2.45) is 0 Å². The standard InChI is InChI=1S/C24H23IN8O2/c1-2-21(35)27-16-5-3-4-15(12-16)22-18-14-26-31-23(18)30-24(29-22)28-17-6-7-20(34)19(13-17)32-8-10-33(25)11-9-32/h2-7,12-14,34H,1,8-11H2,(H,27,35)(H2,26,28,29,30,31). The summed E-state index contributed by atoms with van der Waals surface area (Å²) < 4.78 is 2.24. The highest BCUT2D eigenvalue weighted by molar-refractivity contribution is 14.1. The highest BCUT2D eigenvalue weighted by atomic mass is 127. The van der Waals surface area contributed by atoms with Gasteiger partial charge in [-0.15, -0.1) is 0 Å². The first kappa shape index (κ1) is 23.1. The third-order valence-corrected chi connectivity index (χ3v) is 6.66. The van der Waals surface area contributed by atoms with Crippen LogP contribution in [0.2, 0.25) is 0 Å². The zero-order valence-corrected chi connectivity index (χ0v) is 20.9. The maximum atomic E-state index is 11.7. The average Bonchev–Trinajstić information content (AvgIpc) is 3.34. The van der Waals surface area contributed by atoms with E-state index in [1.807, 2.05) is 24.3 Å². The average molecular weight is 582 g/mol. The predicted octanol–water partition coefficient (Wildman–Crippen LogP) is 4.07. The minimum Gasteiger partial charge on any atom is -0.506 e. The van der Waals surface area contributed by atoms with Gasteiger partial charge >= 0.3 is 0 Å². The van der Waals surface area contributed by atoms with Crippen molar-refractivity contribution in [2.75, 3.05) is 41.7 Å². The number of benzene rings is 2. The van der Waals surface area contributed by atoms with E-state index in [9.17, 15) is 9.90 Å². The van der Waals surface area contributed by atoms with Gasteiger partial charge in [0, 0.05) is 66.0 Å². The van der Waals surface area contributed by atoms with Crippen LogP contribution in [-0.4, -0.2) is 60.5 Å². The van der Waals surface area contributed by atoms with Crippen molar-refractivity contribution >= 4 is 62.8 Å². The van der Waals surface area contributed by atoms with E-state index in [2.05, 4.69) is 63.3 Å². The topological polar surface area (TPSA) is 122 Å². The third kappa shape index (κ3) is 5.05. The second kappa shape index (κ2) is 9.88. The van der Waals surface area contributed by atoms with Crippen molar-refractivity contribution < 1.29 is 9.90 Å². The van der Waals surface area contributed by atoms with Gasteiger partial charge in [0.05, 0.1) is 23.0 Å². The highest BCUT2D eigenvalue weighted by Crippen LogP contribution is 2.33. The van der Waals surface area contributed by atoms with Crippen LogP contribution in [0.1, 0.15) is 0 Å². The summed E-state index contributed by atoms with van der Waals surface area (Å²) in [5.41, 5.74) is 4.20. The smallest absolute Gasteiger partial charge is 0.247 e. The van der Waals surface area contributed by atoms with E-state index in [4.69, 9.17) is 4.98 Å². The number of rotatable bonds is 6. The number of aromatic nitrogens is 4. The number of nitrogens with one attached hydrogen (secondary N) is 3. The molecule has 4 aromatic rings. The molecular formula is C24H23IN8O2. The molecule has 178 valence electrons. The number of nitrogens with zero attached hydrogens (tertiary/aromatic N) is 5. The molecule has 35 heavy (non-hydrogen) atoms. The molecular weight excluding hydrogens is 559 g/mol. The van der Waals surface area contributed by atoms with Gasteiger partial charge in [-0.25, -0.2) is 8.10 Å². The number of amides is 1. The summed E-state index contributed by atoms with van der Waals surface area (Å²) in [7, 11) is 0. The molecule has 0 spiro atoms. The first-order chi connectivity index (χ1) is 17.0. The van der Waals surface area contributed by atoms with Crippen molar-refractivity contribution in [3.05, 3.63) is 61.3 Å². The number of phenolic OH excluding ortho intramolecular Hbond substituents is 1. The molecule has 2 aromatic heterocycles. The normalized spacial score (nSPS) is 14.1. The van der Waals surface area contributed by atoms with Crippen LogP contribution in [0.25, 0.3) is 22.3 Å². The monoisotopic (exact) mass is 582 g/mol. The summed E-state index contributed by atoms with van der Waals surface area (Å²) in [4.78, 5) is 23.2. The minimum atomic E-state index is -0.288. The molecule has 5 rings (SSSR count). The molecule has 0 aliphatic carbocycles. The molecule has 10 nitrogen and oxygen atoms in total. The number of phenols is 1. The van der Waals surface area contributed by atoms with E-state index in [0.29, 0.717) is 23.0 Å². The Kier molecular flexibility index (Phi) is 6.51. The Balaban J connectivity index is 1.47. The van der Waals surface area contributed by atoms with Gasteiger partial charge in [0.15, 0.2) is 5.65 Å². The van der Waals surface area contributed by atoms with Gasteiger partial charge in [0.1, 0.15) is 5.75 Å². The summed E-state index contributed by atoms with van der Waals surface area (Å²) >= 11 is 2.32. The second-order valence-electron chi connectivity index (χ2n) is 8.03. The number of hydrogen-bond acceptors (Lipinski definition) is 8. The largest absolute Gasteiger partial charge is 0.506 e. The van der Waals surface area contributed by atoms with Crippen molar-refractivity contribution in [3.63, 3.8) is 0 Å². The van der Waals surface area contributed by atoms with Gasteiger partial charge < -0.3 is 20.6 Å². The van der Waals surface area contributed by atoms with Crippen LogP contribution in [0.5, 0.6) is 5.75 Å². The van der Waals surface area contributed by atoms with Crippen LogP contribution >= 0.6 is 22.9 Å². The number of fused-ring (bicyclic) bond motifs is 1. The highest BCUT2D eigenvalue weighted by Gasteiger charge is 2.19. The molecule has 0 unspecified atom stereocenters. The Morgan fingerprint density at radius 3 is 2.74 bits per heavy atom. The van der Waals surface area contributed by atoms with Gasteiger partial charge in [0.2, 0.25) is 11.9 Å². The van der Waals surface area contributed by atoms with Gasteiger partial charge in [-0.2, -0.15) is 10.1 Å². The SMILES string of the molecule is C=CC(=O)Nc1cccc(-c2nc(Nc3ccc(O)c(N4CCN(I)CC4)c3)nc3[nH]ncc23)c1. The Morgan fingerprint density at radius 1 is 1.11 bits per heavy atom. The molecule has 1 amide bonds. The van der Waals surface area contributed by atoms with E-state index < -0.39 is 0 Å². The lowest BCUT2D eigenvalue weighted by molar-refractivity contribution is -0.111. The van der Waals surface area contributed by atoms with Gasteiger partial charge in [-0.05, 0) is 36.4 Å². The molecule has 1 aliphatic rings. The summed E-state index contributed by atoms with van der Waals surface area (Å²) in [5.74, 6) is 0.330. The molecule has 4 N–H and O–H groups in total. The van der Waals surface area contributed by atoms with Gasteiger partial charge in [-0.1, -0.05) is 18.7 Å². The quantitative estimate of drug-likeness (QED) is 0.116. The van der Waals surface area contributed by atoms with E-state index in [1.165, 1.54) is 6.08 Å².